The van der Waals surface area contributed by atoms with E-state index in [0.29, 0.717) is 45.2 Å². The number of aryl methyl sites for hydroxylation is 1. The molecule has 1 aromatic heterocycles. The monoisotopic (exact) mass is 375 g/mol. The Morgan fingerprint density at radius 3 is 2.63 bits per heavy atom. The average molecular weight is 376 g/mol. The van der Waals surface area contributed by atoms with Crippen LogP contribution in [0.3, 0.4) is 0 Å². The van der Waals surface area contributed by atoms with Gasteiger partial charge >= 0.3 is 6.09 Å². The van der Waals surface area contributed by atoms with Crippen molar-refractivity contribution in [3.8, 4) is 0 Å². The van der Waals surface area contributed by atoms with Crippen LogP contribution in [0.1, 0.15) is 42.0 Å². The Kier molecular flexibility index (Phi) is 7.66. The standard InChI is InChI=1S/C21H33N3O3/c1-6-8-24-17(4)13-19(18(24)5)20(25)14-22-9-7-10-23(12-11-22)21(26)27-15-16(2)3/h6,13,16H,1,7-12,14-15H2,2-5H3. The number of hydrogen-bond acceptors (Lipinski definition) is 4. The van der Waals surface area contributed by atoms with Gasteiger partial charge in [-0.05, 0) is 32.3 Å². The van der Waals surface area contributed by atoms with Crippen molar-refractivity contribution in [2.24, 2.45) is 5.92 Å². The number of ketones is 1. The molecule has 2 rings (SSSR count). The molecule has 6 nitrogen and oxygen atoms in total. The van der Waals surface area contributed by atoms with E-state index in [4.69, 9.17) is 4.74 Å². The first-order valence-corrected chi connectivity index (χ1v) is 9.78. The van der Waals surface area contributed by atoms with Gasteiger partial charge < -0.3 is 14.2 Å². The Morgan fingerprint density at radius 1 is 1.22 bits per heavy atom. The van der Waals surface area contributed by atoms with Gasteiger partial charge in [-0.2, -0.15) is 0 Å². The first-order chi connectivity index (χ1) is 12.8. The summed E-state index contributed by atoms with van der Waals surface area (Å²) in [4.78, 5) is 28.9. The van der Waals surface area contributed by atoms with Crippen LogP contribution in [-0.4, -0.2) is 65.6 Å². The Balaban J connectivity index is 1.93. The highest BCUT2D eigenvalue weighted by molar-refractivity contribution is 5.99. The first kappa shape index (κ1) is 21.2. The van der Waals surface area contributed by atoms with Crippen molar-refractivity contribution in [2.75, 3.05) is 39.3 Å². The van der Waals surface area contributed by atoms with E-state index in [-0.39, 0.29) is 11.9 Å². The second-order valence-corrected chi connectivity index (χ2v) is 7.69. The predicted molar refractivity (Wildman–Crippen MR) is 107 cm³/mol. The second kappa shape index (κ2) is 9.74. The van der Waals surface area contributed by atoms with Crippen LogP contribution in [0.5, 0.6) is 0 Å². The number of aromatic nitrogens is 1. The van der Waals surface area contributed by atoms with E-state index < -0.39 is 0 Å². The van der Waals surface area contributed by atoms with Gasteiger partial charge in [0.2, 0.25) is 0 Å². The molecule has 0 atom stereocenters. The number of nitrogens with zero attached hydrogens (tertiary/aromatic N) is 3. The molecule has 0 saturated carbocycles. The Labute approximate surface area is 162 Å². The molecule has 27 heavy (non-hydrogen) atoms. The molecule has 2 heterocycles. The molecule has 0 spiro atoms. The number of ether oxygens (including phenoxy) is 1. The largest absolute Gasteiger partial charge is 0.449 e. The molecule has 0 aliphatic carbocycles. The second-order valence-electron chi connectivity index (χ2n) is 7.69. The minimum Gasteiger partial charge on any atom is -0.449 e. The van der Waals surface area contributed by atoms with Gasteiger partial charge in [0, 0.05) is 49.7 Å². The lowest BCUT2D eigenvalue weighted by Crippen LogP contribution is -2.37. The highest BCUT2D eigenvalue weighted by atomic mass is 16.6. The van der Waals surface area contributed by atoms with Crippen LogP contribution in [0.2, 0.25) is 0 Å². The van der Waals surface area contributed by atoms with Gasteiger partial charge in [-0.1, -0.05) is 19.9 Å². The van der Waals surface area contributed by atoms with E-state index in [1.807, 2.05) is 39.8 Å². The summed E-state index contributed by atoms with van der Waals surface area (Å²) in [6.07, 6.45) is 2.44. The molecule has 1 amide bonds. The van der Waals surface area contributed by atoms with Gasteiger partial charge in [-0.15, -0.1) is 6.58 Å². The summed E-state index contributed by atoms with van der Waals surface area (Å²) >= 11 is 0. The third-order valence-corrected chi connectivity index (χ3v) is 4.94. The Hall–Kier alpha value is -2.08. The highest BCUT2D eigenvalue weighted by Gasteiger charge is 2.23. The van der Waals surface area contributed by atoms with Crippen molar-refractivity contribution in [1.29, 1.82) is 0 Å². The molecular weight excluding hydrogens is 342 g/mol. The predicted octanol–water partition coefficient (Wildman–Crippen LogP) is 3.27. The third kappa shape index (κ3) is 5.70. The van der Waals surface area contributed by atoms with Crippen LogP contribution < -0.4 is 0 Å². The molecule has 1 fully saturated rings. The first-order valence-electron chi connectivity index (χ1n) is 9.78. The molecule has 150 valence electrons. The number of allylic oxidation sites excluding steroid dienone is 1. The fourth-order valence-corrected chi connectivity index (χ4v) is 3.42. The summed E-state index contributed by atoms with van der Waals surface area (Å²) in [7, 11) is 0. The van der Waals surface area contributed by atoms with Crippen LogP contribution in [0.4, 0.5) is 4.79 Å². The summed E-state index contributed by atoms with van der Waals surface area (Å²) in [5, 5.41) is 0. The quantitative estimate of drug-likeness (QED) is 0.542. The molecule has 0 bridgehead atoms. The maximum atomic E-state index is 12.8. The number of hydrogen-bond donors (Lipinski definition) is 0. The maximum absolute atomic E-state index is 12.8. The number of amides is 1. The fourth-order valence-electron chi connectivity index (χ4n) is 3.42. The average Bonchev–Trinajstić information content (AvgIpc) is 2.79. The summed E-state index contributed by atoms with van der Waals surface area (Å²) in [5.74, 6) is 0.462. The lowest BCUT2D eigenvalue weighted by atomic mass is 10.1. The molecular formula is C21H33N3O3. The topological polar surface area (TPSA) is 54.8 Å². The number of carbonyl (C=O) groups is 2. The van der Waals surface area contributed by atoms with E-state index in [1.165, 1.54) is 0 Å². The molecule has 1 saturated heterocycles. The van der Waals surface area contributed by atoms with E-state index in [1.54, 1.807) is 4.90 Å². The van der Waals surface area contributed by atoms with Crippen LogP contribution >= 0.6 is 0 Å². The summed E-state index contributed by atoms with van der Waals surface area (Å²) in [5.41, 5.74) is 2.85. The van der Waals surface area contributed by atoms with E-state index >= 15 is 0 Å². The number of carbonyl (C=O) groups excluding carboxylic acids is 2. The zero-order valence-corrected chi connectivity index (χ0v) is 17.2. The van der Waals surface area contributed by atoms with Gasteiger partial charge in [0.1, 0.15) is 0 Å². The van der Waals surface area contributed by atoms with Crippen LogP contribution in [-0.2, 0) is 11.3 Å². The van der Waals surface area contributed by atoms with Gasteiger partial charge in [-0.25, -0.2) is 4.79 Å². The Morgan fingerprint density at radius 2 is 1.96 bits per heavy atom. The van der Waals surface area contributed by atoms with Crippen molar-refractivity contribution in [3.05, 3.63) is 35.7 Å². The summed E-state index contributed by atoms with van der Waals surface area (Å²) in [6.45, 7) is 16.1. The minimum absolute atomic E-state index is 0.134. The van der Waals surface area contributed by atoms with Crippen molar-refractivity contribution < 1.29 is 14.3 Å². The zero-order chi connectivity index (χ0) is 20.0. The smallest absolute Gasteiger partial charge is 0.409 e. The minimum atomic E-state index is -0.246. The molecule has 6 heteroatoms. The zero-order valence-electron chi connectivity index (χ0n) is 17.2. The molecule has 0 radical (unpaired) electrons. The lowest BCUT2D eigenvalue weighted by molar-refractivity contribution is 0.0906. The lowest BCUT2D eigenvalue weighted by Gasteiger charge is -2.21. The fraction of sp³-hybridized carbons (Fsp3) is 0.619. The number of rotatable bonds is 7. The van der Waals surface area contributed by atoms with Crippen molar-refractivity contribution in [1.82, 2.24) is 14.4 Å². The van der Waals surface area contributed by atoms with Crippen molar-refractivity contribution >= 4 is 11.9 Å². The molecule has 1 aliphatic rings. The van der Waals surface area contributed by atoms with Gasteiger partial charge in [0.25, 0.3) is 0 Å². The summed E-state index contributed by atoms with van der Waals surface area (Å²) in [6, 6.07) is 1.97. The molecule has 1 aromatic rings. The molecule has 0 unspecified atom stereocenters. The summed E-state index contributed by atoms with van der Waals surface area (Å²) < 4.78 is 7.44. The van der Waals surface area contributed by atoms with E-state index in [2.05, 4.69) is 16.0 Å². The van der Waals surface area contributed by atoms with E-state index in [0.717, 1.165) is 29.9 Å². The van der Waals surface area contributed by atoms with Crippen LogP contribution in [0.15, 0.2) is 18.7 Å². The molecule has 1 aliphatic heterocycles. The van der Waals surface area contributed by atoms with Crippen LogP contribution in [0.25, 0.3) is 0 Å². The van der Waals surface area contributed by atoms with Crippen molar-refractivity contribution in [2.45, 2.75) is 40.7 Å². The molecule has 0 N–H and O–H groups in total. The van der Waals surface area contributed by atoms with Gasteiger partial charge in [0.15, 0.2) is 5.78 Å². The number of Topliss-reactive ketones (excluding diaryl/α,β-unsaturated/α-hetero) is 1. The van der Waals surface area contributed by atoms with Crippen molar-refractivity contribution in [3.63, 3.8) is 0 Å². The van der Waals surface area contributed by atoms with Gasteiger partial charge in [0.05, 0.1) is 13.2 Å². The van der Waals surface area contributed by atoms with E-state index in [9.17, 15) is 9.59 Å². The highest BCUT2D eigenvalue weighted by Crippen LogP contribution is 2.17. The Bertz CT molecular complexity index is 678. The van der Waals surface area contributed by atoms with Gasteiger partial charge in [-0.3, -0.25) is 9.69 Å². The SMILES string of the molecule is C=CCn1c(C)cc(C(=O)CN2CCCN(C(=O)OCC(C)C)CC2)c1C. The maximum Gasteiger partial charge on any atom is 0.409 e. The normalized spacial score (nSPS) is 15.7. The van der Waals surface area contributed by atoms with Crippen LogP contribution in [0, 0.1) is 19.8 Å². The molecule has 0 aromatic carbocycles. The third-order valence-electron chi connectivity index (χ3n) is 4.94.